The van der Waals surface area contributed by atoms with E-state index in [0.29, 0.717) is 11.4 Å². The zero-order valence-corrected chi connectivity index (χ0v) is 16.6. The van der Waals surface area contributed by atoms with Crippen LogP contribution in [0, 0.1) is 5.82 Å². The van der Waals surface area contributed by atoms with E-state index in [9.17, 15) is 14.0 Å². The van der Waals surface area contributed by atoms with Gasteiger partial charge in [0.25, 0.3) is 11.8 Å². The Balaban J connectivity index is 1.60. The maximum atomic E-state index is 13.2. The fourth-order valence-electron chi connectivity index (χ4n) is 2.47. The van der Waals surface area contributed by atoms with Crippen molar-refractivity contribution in [3.8, 4) is 5.88 Å². The molecule has 2 N–H and O–H groups in total. The van der Waals surface area contributed by atoms with Gasteiger partial charge in [-0.1, -0.05) is 17.7 Å². The number of methoxy groups -OCH3 is 1. The number of hydrogen-bond acceptors (Lipinski definition) is 6. The van der Waals surface area contributed by atoms with Gasteiger partial charge >= 0.3 is 0 Å². The van der Waals surface area contributed by atoms with Crippen LogP contribution in [0.2, 0.25) is 5.02 Å². The molecule has 2 amide bonds. The number of hydrogen-bond donors (Lipinski definition) is 2. The zero-order valence-electron chi connectivity index (χ0n) is 15.9. The average molecular weight is 430 g/mol. The summed E-state index contributed by atoms with van der Waals surface area (Å²) in [6.07, 6.45) is 2.70. The molecule has 0 spiro atoms. The molecule has 0 saturated heterocycles. The largest absolute Gasteiger partial charge is 0.481 e. The molecule has 0 saturated carbocycles. The molecule has 3 aromatic rings. The highest BCUT2D eigenvalue weighted by atomic mass is 35.5. The molecule has 1 aromatic carbocycles. The van der Waals surface area contributed by atoms with E-state index in [1.54, 1.807) is 18.3 Å². The number of ether oxygens (including phenoxy) is 1. The van der Waals surface area contributed by atoms with E-state index >= 15 is 0 Å². The second kappa shape index (κ2) is 9.75. The first-order valence-electron chi connectivity index (χ1n) is 8.77. The van der Waals surface area contributed by atoms with E-state index in [0.717, 1.165) is 11.9 Å². The fraction of sp³-hybridized carbons (Fsp3) is 0.150. The minimum Gasteiger partial charge on any atom is -0.481 e. The number of pyridine rings is 1. The molecule has 0 fully saturated rings. The summed E-state index contributed by atoms with van der Waals surface area (Å²) in [5, 5.41) is 5.31. The normalized spacial score (nSPS) is 10.4. The predicted molar refractivity (Wildman–Crippen MR) is 107 cm³/mol. The first kappa shape index (κ1) is 21.1. The van der Waals surface area contributed by atoms with E-state index in [1.807, 2.05) is 0 Å². The van der Waals surface area contributed by atoms with Gasteiger partial charge in [0.2, 0.25) is 5.88 Å². The van der Waals surface area contributed by atoms with E-state index in [-0.39, 0.29) is 29.5 Å². The number of aromatic nitrogens is 3. The Morgan fingerprint density at radius 1 is 0.967 bits per heavy atom. The highest BCUT2D eigenvalue weighted by molar-refractivity contribution is 6.30. The predicted octanol–water partition coefficient (Wildman–Crippen LogP) is 2.53. The number of nitrogens with zero attached hydrogens (tertiary/aromatic N) is 3. The Morgan fingerprint density at radius 2 is 1.60 bits per heavy atom. The smallest absolute Gasteiger partial charge is 0.270 e. The highest BCUT2D eigenvalue weighted by Crippen LogP contribution is 2.16. The minimum absolute atomic E-state index is 0.0222. The molecule has 0 radical (unpaired) electrons. The van der Waals surface area contributed by atoms with Crippen LogP contribution in [0.4, 0.5) is 4.39 Å². The molecule has 8 nitrogen and oxygen atoms in total. The third kappa shape index (κ3) is 5.48. The number of benzene rings is 1. The summed E-state index contributed by atoms with van der Waals surface area (Å²) < 4.78 is 18.2. The van der Waals surface area contributed by atoms with E-state index in [4.69, 9.17) is 16.3 Å². The minimum atomic E-state index is -0.539. The second-order valence-electron chi connectivity index (χ2n) is 6.11. The lowest BCUT2D eigenvalue weighted by Crippen LogP contribution is -2.27. The molecule has 2 heterocycles. The number of amides is 2. The molecular formula is C20H17ClFN5O3. The first-order valence-corrected chi connectivity index (χ1v) is 9.15. The summed E-state index contributed by atoms with van der Waals surface area (Å²) in [6.45, 7) is 0.350. The number of rotatable bonds is 7. The first-order chi connectivity index (χ1) is 14.5. The van der Waals surface area contributed by atoms with Crippen molar-refractivity contribution < 1.29 is 18.7 Å². The molecule has 0 aliphatic rings. The number of nitrogens with one attached hydrogen (secondary N) is 2. The van der Waals surface area contributed by atoms with E-state index in [1.165, 1.54) is 31.4 Å². The summed E-state index contributed by atoms with van der Waals surface area (Å²) in [4.78, 5) is 36.5. The summed E-state index contributed by atoms with van der Waals surface area (Å²) in [7, 11) is 1.50. The van der Waals surface area contributed by atoms with Gasteiger partial charge in [-0.25, -0.2) is 19.3 Å². The lowest BCUT2D eigenvalue weighted by atomic mass is 10.2. The van der Waals surface area contributed by atoms with E-state index < -0.39 is 17.6 Å². The van der Waals surface area contributed by atoms with Gasteiger partial charge in [-0.05, 0) is 29.3 Å². The third-order valence-corrected chi connectivity index (χ3v) is 4.32. The van der Waals surface area contributed by atoms with Crippen LogP contribution < -0.4 is 15.4 Å². The van der Waals surface area contributed by atoms with Crippen LogP contribution in [0.3, 0.4) is 0 Å². The van der Waals surface area contributed by atoms with Crippen molar-refractivity contribution in [2.45, 2.75) is 13.1 Å². The molecule has 10 heteroatoms. The van der Waals surface area contributed by atoms with Crippen LogP contribution in [-0.2, 0) is 13.1 Å². The Bertz CT molecular complexity index is 1080. The van der Waals surface area contributed by atoms with Crippen molar-refractivity contribution in [2.24, 2.45) is 0 Å². The van der Waals surface area contributed by atoms with Crippen LogP contribution in [0.1, 0.15) is 32.1 Å². The van der Waals surface area contributed by atoms with Crippen molar-refractivity contribution in [3.63, 3.8) is 0 Å². The van der Waals surface area contributed by atoms with Crippen molar-refractivity contribution in [2.75, 3.05) is 7.11 Å². The maximum absolute atomic E-state index is 13.2. The fourth-order valence-corrected chi connectivity index (χ4v) is 2.68. The summed E-state index contributed by atoms with van der Waals surface area (Å²) in [5.74, 6) is -1.08. The quantitative estimate of drug-likeness (QED) is 0.597. The standard InChI is InChI=1S/C20H17ClFN5O3/c1-30-18-7-13(4-5-23-18)10-25-20(29)17-8-16(26-11-27-17)19(28)24-9-12-2-3-15(22)14(21)6-12/h2-8,11H,9-10H2,1H3,(H,24,28)(H,25,29). The third-order valence-electron chi connectivity index (χ3n) is 4.03. The van der Waals surface area contributed by atoms with Gasteiger partial charge in [0.1, 0.15) is 23.5 Å². The van der Waals surface area contributed by atoms with Crippen molar-refractivity contribution in [1.29, 1.82) is 0 Å². The molecule has 3 rings (SSSR count). The summed E-state index contributed by atoms with van der Waals surface area (Å²) in [6, 6.07) is 8.87. The van der Waals surface area contributed by atoms with Crippen LogP contribution in [-0.4, -0.2) is 33.9 Å². The van der Waals surface area contributed by atoms with Gasteiger partial charge in [0.15, 0.2) is 0 Å². The van der Waals surface area contributed by atoms with Crippen molar-refractivity contribution in [3.05, 3.63) is 82.3 Å². The molecule has 30 heavy (non-hydrogen) atoms. The molecule has 0 atom stereocenters. The number of carbonyl (C=O) groups excluding carboxylic acids is 2. The summed E-state index contributed by atoms with van der Waals surface area (Å²) in [5.41, 5.74) is 1.48. The second-order valence-corrected chi connectivity index (χ2v) is 6.52. The van der Waals surface area contributed by atoms with Gasteiger partial charge in [-0.3, -0.25) is 9.59 Å². The average Bonchev–Trinajstić information content (AvgIpc) is 2.78. The highest BCUT2D eigenvalue weighted by Gasteiger charge is 2.13. The Morgan fingerprint density at radius 3 is 2.20 bits per heavy atom. The van der Waals surface area contributed by atoms with Gasteiger partial charge in [-0.2, -0.15) is 0 Å². The Labute approximate surface area is 176 Å². The monoisotopic (exact) mass is 429 g/mol. The molecule has 2 aromatic heterocycles. The van der Waals surface area contributed by atoms with Crippen LogP contribution in [0.15, 0.2) is 48.9 Å². The molecular weight excluding hydrogens is 413 g/mol. The number of halogens is 2. The Hall–Kier alpha value is -3.59. The molecule has 0 unspecified atom stereocenters. The van der Waals surface area contributed by atoms with Crippen LogP contribution >= 0.6 is 11.6 Å². The van der Waals surface area contributed by atoms with Gasteiger partial charge in [-0.15, -0.1) is 0 Å². The van der Waals surface area contributed by atoms with Crippen LogP contribution in [0.25, 0.3) is 0 Å². The van der Waals surface area contributed by atoms with Gasteiger partial charge in [0, 0.05) is 31.4 Å². The van der Waals surface area contributed by atoms with Crippen LogP contribution in [0.5, 0.6) is 5.88 Å². The van der Waals surface area contributed by atoms with Crippen molar-refractivity contribution >= 4 is 23.4 Å². The molecule has 154 valence electrons. The van der Waals surface area contributed by atoms with Crippen molar-refractivity contribution in [1.82, 2.24) is 25.6 Å². The lowest BCUT2D eigenvalue weighted by Gasteiger charge is -2.08. The molecule has 0 aliphatic heterocycles. The van der Waals surface area contributed by atoms with Gasteiger partial charge in [0.05, 0.1) is 12.1 Å². The topological polar surface area (TPSA) is 106 Å². The zero-order chi connectivity index (χ0) is 21.5. The maximum Gasteiger partial charge on any atom is 0.270 e. The summed E-state index contributed by atoms with van der Waals surface area (Å²) >= 11 is 5.73. The molecule has 0 bridgehead atoms. The number of carbonyl (C=O) groups is 2. The Kier molecular flexibility index (Phi) is 6.87. The SMILES string of the molecule is COc1cc(CNC(=O)c2cc(C(=O)NCc3ccc(F)c(Cl)c3)ncn2)ccn1. The molecule has 0 aliphatic carbocycles. The lowest BCUT2D eigenvalue weighted by molar-refractivity contribution is 0.0944. The van der Waals surface area contributed by atoms with E-state index in [2.05, 4.69) is 25.6 Å². The van der Waals surface area contributed by atoms with Gasteiger partial charge < -0.3 is 15.4 Å².